The maximum absolute atomic E-state index is 12.4. The normalized spacial score (nSPS) is 23.2. The molecule has 1 aliphatic heterocycles. The van der Waals surface area contributed by atoms with E-state index in [1.807, 2.05) is 0 Å². The Morgan fingerprint density at radius 2 is 1.76 bits per heavy atom. The molecule has 0 bridgehead atoms. The van der Waals surface area contributed by atoms with Crippen LogP contribution in [-0.4, -0.2) is 46.1 Å². The lowest BCUT2D eigenvalue weighted by Gasteiger charge is -2.47. The molecule has 1 unspecified atom stereocenters. The van der Waals surface area contributed by atoms with E-state index >= 15 is 0 Å². The maximum atomic E-state index is 12.4. The zero-order valence-electron chi connectivity index (χ0n) is 12.8. The minimum Gasteiger partial charge on any atom is -0.340 e. The number of rotatable bonds is 3. The van der Waals surface area contributed by atoms with Crippen LogP contribution in [0.1, 0.15) is 34.6 Å². The SMILES string of the molecule is CC1(C)NC(=O)C(C(C)(C)C)N(CCSC(F)(F)F)C1=O. The van der Waals surface area contributed by atoms with Gasteiger partial charge in [-0.1, -0.05) is 20.8 Å². The fourth-order valence-corrected chi connectivity index (χ4v) is 2.92. The molecule has 0 saturated carbocycles. The third kappa shape index (κ3) is 4.52. The van der Waals surface area contributed by atoms with Crippen molar-refractivity contribution in [1.82, 2.24) is 10.2 Å². The highest BCUT2D eigenvalue weighted by atomic mass is 32.2. The van der Waals surface area contributed by atoms with E-state index in [9.17, 15) is 22.8 Å². The van der Waals surface area contributed by atoms with Crippen LogP contribution in [-0.2, 0) is 9.59 Å². The Morgan fingerprint density at radius 1 is 1.24 bits per heavy atom. The first kappa shape index (κ1) is 18.1. The van der Waals surface area contributed by atoms with Crippen LogP contribution in [0.15, 0.2) is 0 Å². The van der Waals surface area contributed by atoms with Gasteiger partial charge in [0.1, 0.15) is 11.6 Å². The van der Waals surface area contributed by atoms with E-state index in [0.29, 0.717) is 0 Å². The molecule has 1 N–H and O–H groups in total. The quantitative estimate of drug-likeness (QED) is 0.866. The number of nitrogens with zero attached hydrogens (tertiary/aromatic N) is 1. The van der Waals surface area contributed by atoms with E-state index in [0.717, 1.165) is 0 Å². The Bertz CT molecular complexity index is 430. The molecule has 1 aliphatic rings. The molecule has 2 amide bonds. The molecule has 0 spiro atoms. The molecule has 0 aromatic carbocycles. The van der Waals surface area contributed by atoms with Crippen LogP contribution < -0.4 is 5.32 Å². The lowest BCUT2D eigenvalue weighted by Crippen LogP contribution is -2.71. The molecular weight excluding hydrogens is 305 g/mol. The van der Waals surface area contributed by atoms with Gasteiger partial charge in [0.15, 0.2) is 0 Å². The van der Waals surface area contributed by atoms with Gasteiger partial charge in [0.05, 0.1) is 0 Å². The fourth-order valence-electron chi connectivity index (χ4n) is 2.40. The summed E-state index contributed by atoms with van der Waals surface area (Å²) in [5.41, 5.74) is -5.99. The molecular formula is C13H21F3N2O2S. The first-order valence-corrected chi connectivity index (χ1v) is 7.58. The smallest absolute Gasteiger partial charge is 0.340 e. The number of nitrogens with one attached hydrogen (secondary N) is 1. The topological polar surface area (TPSA) is 49.4 Å². The Morgan fingerprint density at radius 3 is 2.19 bits per heavy atom. The van der Waals surface area contributed by atoms with Crippen LogP contribution in [0.3, 0.4) is 0 Å². The Hall–Kier alpha value is -0.920. The predicted octanol–water partition coefficient (Wildman–Crippen LogP) is 2.39. The number of piperazine rings is 1. The largest absolute Gasteiger partial charge is 0.441 e. The van der Waals surface area contributed by atoms with Crippen molar-refractivity contribution >= 4 is 23.6 Å². The summed E-state index contributed by atoms with van der Waals surface area (Å²) >= 11 is -0.182. The second kappa shape index (κ2) is 5.70. The standard InChI is InChI=1S/C13H21F3N2O2S/c1-11(2,3)8-9(19)17-12(4,5)10(20)18(8)6-7-21-13(14,15)16/h8H,6-7H2,1-5H3,(H,17,19). The lowest BCUT2D eigenvalue weighted by molar-refractivity contribution is -0.157. The number of halogens is 3. The molecule has 1 heterocycles. The van der Waals surface area contributed by atoms with Crippen molar-refractivity contribution < 1.29 is 22.8 Å². The summed E-state index contributed by atoms with van der Waals surface area (Å²) in [6.07, 6.45) is 0. The van der Waals surface area contributed by atoms with Gasteiger partial charge in [-0.3, -0.25) is 9.59 Å². The monoisotopic (exact) mass is 326 g/mol. The number of hydrogen-bond acceptors (Lipinski definition) is 3. The molecule has 1 fully saturated rings. The molecule has 4 nitrogen and oxygen atoms in total. The molecule has 0 aromatic rings. The summed E-state index contributed by atoms with van der Waals surface area (Å²) in [6, 6.07) is -0.771. The van der Waals surface area contributed by atoms with Crippen molar-refractivity contribution in [3.8, 4) is 0 Å². The molecule has 1 saturated heterocycles. The average molecular weight is 326 g/mol. The number of carbonyl (C=O) groups is 2. The molecule has 8 heteroatoms. The molecule has 0 radical (unpaired) electrons. The summed E-state index contributed by atoms with van der Waals surface area (Å²) in [5, 5.41) is 2.64. The van der Waals surface area contributed by atoms with Gasteiger partial charge in [0.25, 0.3) is 0 Å². The predicted molar refractivity (Wildman–Crippen MR) is 75.7 cm³/mol. The van der Waals surface area contributed by atoms with Gasteiger partial charge in [-0.05, 0) is 31.0 Å². The van der Waals surface area contributed by atoms with Crippen LogP contribution in [0.25, 0.3) is 0 Å². The first-order valence-electron chi connectivity index (χ1n) is 6.59. The highest BCUT2D eigenvalue weighted by Gasteiger charge is 2.49. The maximum Gasteiger partial charge on any atom is 0.441 e. The number of carbonyl (C=O) groups excluding carboxylic acids is 2. The average Bonchev–Trinajstić information content (AvgIpc) is 2.20. The fraction of sp³-hybridized carbons (Fsp3) is 0.846. The van der Waals surface area contributed by atoms with Crippen molar-refractivity contribution in [3.63, 3.8) is 0 Å². The zero-order chi connectivity index (χ0) is 16.6. The third-order valence-electron chi connectivity index (χ3n) is 3.21. The van der Waals surface area contributed by atoms with Gasteiger partial charge in [0.2, 0.25) is 11.8 Å². The molecule has 122 valence electrons. The number of hydrogen-bond donors (Lipinski definition) is 1. The van der Waals surface area contributed by atoms with Crippen LogP contribution in [0.5, 0.6) is 0 Å². The summed E-state index contributed by atoms with van der Waals surface area (Å²) < 4.78 is 36.7. The summed E-state index contributed by atoms with van der Waals surface area (Å²) in [6.45, 7) is 8.35. The molecule has 0 aromatic heterocycles. The highest BCUT2D eigenvalue weighted by Crippen LogP contribution is 2.33. The van der Waals surface area contributed by atoms with Crippen molar-refractivity contribution in [2.24, 2.45) is 5.41 Å². The Labute approximate surface area is 126 Å². The van der Waals surface area contributed by atoms with E-state index in [2.05, 4.69) is 5.32 Å². The van der Waals surface area contributed by atoms with Crippen LogP contribution in [0.4, 0.5) is 13.2 Å². The first-order chi connectivity index (χ1) is 9.26. The number of thioether (sulfide) groups is 1. The third-order valence-corrected chi connectivity index (χ3v) is 3.92. The van der Waals surface area contributed by atoms with Crippen molar-refractivity contribution in [2.45, 2.75) is 51.7 Å². The second-order valence-electron chi connectivity index (χ2n) is 6.68. The van der Waals surface area contributed by atoms with Crippen molar-refractivity contribution in [3.05, 3.63) is 0 Å². The van der Waals surface area contributed by atoms with Crippen molar-refractivity contribution in [1.29, 1.82) is 0 Å². The lowest BCUT2D eigenvalue weighted by atomic mass is 9.81. The van der Waals surface area contributed by atoms with Gasteiger partial charge in [-0.25, -0.2) is 0 Å². The second-order valence-corrected chi connectivity index (χ2v) is 7.84. The number of alkyl halides is 3. The summed E-state index contributed by atoms with van der Waals surface area (Å²) in [4.78, 5) is 25.9. The van der Waals surface area contributed by atoms with Gasteiger partial charge >= 0.3 is 5.51 Å². The molecule has 1 rings (SSSR count). The number of amides is 2. The van der Waals surface area contributed by atoms with Crippen LogP contribution in [0, 0.1) is 5.41 Å². The minimum absolute atomic E-state index is 0.109. The van der Waals surface area contributed by atoms with Gasteiger partial charge in [0, 0.05) is 12.3 Å². The van der Waals surface area contributed by atoms with E-state index < -0.39 is 22.5 Å². The van der Waals surface area contributed by atoms with Crippen LogP contribution in [0.2, 0.25) is 0 Å². The van der Waals surface area contributed by atoms with Gasteiger partial charge in [-0.15, -0.1) is 0 Å². The van der Waals surface area contributed by atoms with E-state index in [1.165, 1.54) is 4.90 Å². The van der Waals surface area contributed by atoms with Crippen LogP contribution >= 0.6 is 11.8 Å². The van der Waals surface area contributed by atoms with E-state index in [1.54, 1.807) is 34.6 Å². The highest BCUT2D eigenvalue weighted by molar-refractivity contribution is 8.00. The molecule has 21 heavy (non-hydrogen) atoms. The van der Waals surface area contributed by atoms with E-state index in [-0.39, 0.29) is 35.9 Å². The molecule has 1 atom stereocenters. The molecule has 0 aliphatic carbocycles. The van der Waals surface area contributed by atoms with Gasteiger partial charge < -0.3 is 10.2 Å². The van der Waals surface area contributed by atoms with Gasteiger partial charge in [-0.2, -0.15) is 13.2 Å². The van der Waals surface area contributed by atoms with E-state index in [4.69, 9.17) is 0 Å². The zero-order valence-corrected chi connectivity index (χ0v) is 13.6. The summed E-state index contributed by atoms with van der Waals surface area (Å²) in [5.74, 6) is -0.973. The van der Waals surface area contributed by atoms with Crippen molar-refractivity contribution in [2.75, 3.05) is 12.3 Å². The Kier molecular flexibility index (Phi) is 4.92. The summed E-state index contributed by atoms with van der Waals surface area (Å²) in [7, 11) is 0. The Balaban J connectivity index is 2.95. The minimum atomic E-state index is -4.34.